The van der Waals surface area contributed by atoms with Crippen molar-refractivity contribution >= 4 is 23.1 Å². The van der Waals surface area contributed by atoms with Gasteiger partial charge >= 0.3 is 0 Å². The van der Waals surface area contributed by atoms with Gasteiger partial charge in [-0.2, -0.15) is 5.26 Å². The number of nitrogens with one attached hydrogen (secondary N) is 1. The highest BCUT2D eigenvalue weighted by atomic mass is 35.5. The molecule has 0 fully saturated rings. The first-order valence-electron chi connectivity index (χ1n) is 5.62. The standard InChI is InChI=1S/C14H12ClN3O/c1-9-6-12(13(19-2)7-11(9)15)18-14-5-3-4-10(8-16)17-14/h3-7H,1-2H3,(H,17,18). The minimum atomic E-state index is 0.356. The van der Waals surface area contributed by atoms with Crippen molar-refractivity contribution in [2.24, 2.45) is 0 Å². The predicted octanol–water partition coefficient (Wildman–Crippen LogP) is 3.67. The molecule has 4 nitrogen and oxygen atoms in total. The van der Waals surface area contributed by atoms with Crippen LogP contribution >= 0.6 is 11.6 Å². The maximum Gasteiger partial charge on any atom is 0.143 e. The number of aryl methyl sites for hydroxylation is 1. The minimum Gasteiger partial charge on any atom is -0.495 e. The first kappa shape index (κ1) is 13.2. The van der Waals surface area contributed by atoms with E-state index in [0.29, 0.717) is 22.3 Å². The Labute approximate surface area is 116 Å². The molecule has 1 aromatic heterocycles. The molecule has 0 saturated carbocycles. The largest absolute Gasteiger partial charge is 0.495 e. The van der Waals surface area contributed by atoms with Crippen LogP contribution in [0.4, 0.5) is 11.5 Å². The zero-order valence-electron chi connectivity index (χ0n) is 10.6. The molecule has 0 atom stereocenters. The molecule has 1 heterocycles. The van der Waals surface area contributed by atoms with Gasteiger partial charge in [-0.3, -0.25) is 0 Å². The van der Waals surface area contributed by atoms with Crippen molar-refractivity contribution in [2.45, 2.75) is 6.92 Å². The zero-order chi connectivity index (χ0) is 13.8. The minimum absolute atomic E-state index is 0.356. The lowest BCUT2D eigenvalue weighted by atomic mass is 10.2. The first-order chi connectivity index (χ1) is 9.13. The summed E-state index contributed by atoms with van der Waals surface area (Å²) in [5.41, 5.74) is 2.04. The van der Waals surface area contributed by atoms with Crippen LogP contribution in [0.3, 0.4) is 0 Å². The van der Waals surface area contributed by atoms with E-state index in [9.17, 15) is 0 Å². The Morgan fingerprint density at radius 2 is 2.16 bits per heavy atom. The van der Waals surface area contributed by atoms with Gasteiger partial charge in [0.05, 0.1) is 12.8 Å². The van der Waals surface area contributed by atoms with Gasteiger partial charge in [-0.15, -0.1) is 0 Å². The lowest BCUT2D eigenvalue weighted by molar-refractivity contribution is 0.416. The normalized spacial score (nSPS) is 9.79. The van der Waals surface area contributed by atoms with Crippen molar-refractivity contribution in [3.05, 3.63) is 46.6 Å². The molecular weight excluding hydrogens is 262 g/mol. The monoisotopic (exact) mass is 273 g/mol. The number of pyridine rings is 1. The molecule has 19 heavy (non-hydrogen) atoms. The molecule has 0 aliphatic heterocycles. The SMILES string of the molecule is COc1cc(Cl)c(C)cc1Nc1cccc(C#N)n1. The molecule has 0 unspecified atom stereocenters. The Balaban J connectivity index is 2.37. The van der Waals surface area contributed by atoms with E-state index in [1.807, 2.05) is 19.1 Å². The summed E-state index contributed by atoms with van der Waals surface area (Å²) in [6.07, 6.45) is 0. The summed E-state index contributed by atoms with van der Waals surface area (Å²) < 4.78 is 5.27. The average Bonchev–Trinajstić information content (AvgIpc) is 2.43. The average molecular weight is 274 g/mol. The smallest absolute Gasteiger partial charge is 0.143 e. The predicted molar refractivity (Wildman–Crippen MR) is 75.0 cm³/mol. The summed E-state index contributed by atoms with van der Waals surface area (Å²) in [7, 11) is 1.57. The third-order valence-electron chi connectivity index (χ3n) is 2.61. The number of nitriles is 1. The number of nitrogens with zero attached hydrogens (tertiary/aromatic N) is 2. The number of halogens is 1. The van der Waals surface area contributed by atoms with Crippen LogP contribution in [0.5, 0.6) is 5.75 Å². The second-order valence-electron chi connectivity index (χ2n) is 3.95. The molecule has 96 valence electrons. The summed E-state index contributed by atoms with van der Waals surface area (Å²) in [6, 6.07) is 10.8. The maximum atomic E-state index is 8.83. The van der Waals surface area contributed by atoms with Crippen molar-refractivity contribution in [1.29, 1.82) is 5.26 Å². The molecule has 0 radical (unpaired) electrons. The van der Waals surface area contributed by atoms with Crippen LogP contribution in [0.15, 0.2) is 30.3 Å². The van der Waals surface area contributed by atoms with Gasteiger partial charge in [0, 0.05) is 11.1 Å². The van der Waals surface area contributed by atoms with Crippen LogP contribution in [-0.4, -0.2) is 12.1 Å². The van der Waals surface area contributed by atoms with E-state index in [-0.39, 0.29) is 0 Å². The molecule has 5 heteroatoms. The van der Waals surface area contributed by atoms with Crippen molar-refractivity contribution in [3.8, 4) is 11.8 Å². The third kappa shape index (κ3) is 2.95. The molecular formula is C14H12ClN3O. The number of hydrogen-bond acceptors (Lipinski definition) is 4. The molecule has 0 aliphatic carbocycles. The fourth-order valence-corrected chi connectivity index (χ4v) is 1.79. The summed E-state index contributed by atoms with van der Waals surface area (Å²) in [4.78, 5) is 4.15. The maximum absolute atomic E-state index is 8.83. The lowest BCUT2D eigenvalue weighted by Crippen LogP contribution is -1.98. The number of hydrogen-bond donors (Lipinski definition) is 1. The second kappa shape index (κ2) is 5.59. The van der Waals surface area contributed by atoms with E-state index in [2.05, 4.69) is 10.3 Å². The highest BCUT2D eigenvalue weighted by molar-refractivity contribution is 6.31. The quantitative estimate of drug-likeness (QED) is 0.927. The van der Waals surface area contributed by atoms with Crippen LogP contribution in [0, 0.1) is 18.3 Å². The molecule has 0 bridgehead atoms. The Morgan fingerprint density at radius 1 is 1.37 bits per heavy atom. The highest BCUT2D eigenvalue weighted by Gasteiger charge is 2.08. The Bertz CT molecular complexity index is 650. The number of rotatable bonds is 3. The van der Waals surface area contributed by atoms with Gasteiger partial charge in [0.25, 0.3) is 0 Å². The van der Waals surface area contributed by atoms with E-state index >= 15 is 0 Å². The highest BCUT2D eigenvalue weighted by Crippen LogP contribution is 2.32. The summed E-state index contributed by atoms with van der Waals surface area (Å²) in [5.74, 6) is 1.21. The van der Waals surface area contributed by atoms with Crippen molar-refractivity contribution in [2.75, 3.05) is 12.4 Å². The Hall–Kier alpha value is -2.25. The lowest BCUT2D eigenvalue weighted by Gasteiger charge is -2.12. The summed E-state index contributed by atoms with van der Waals surface area (Å²) in [6.45, 7) is 1.91. The zero-order valence-corrected chi connectivity index (χ0v) is 11.3. The van der Waals surface area contributed by atoms with E-state index in [4.69, 9.17) is 21.6 Å². The Kier molecular flexibility index (Phi) is 3.88. The fourth-order valence-electron chi connectivity index (χ4n) is 1.63. The van der Waals surface area contributed by atoms with Crippen LogP contribution in [0.25, 0.3) is 0 Å². The number of anilines is 2. The topological polar surface area (TPSA) is 57.9 Å². The molecule has 1 aromatic carbocycles. The van der Waals surface area contributed by atoms with Gasteiger partial charge in [-0.25, -0.2) is 4.98 Å². The van der Waals surface area contributed by atoms with Crippen LogP contribution in [0.2, 0.25) is 5.02 Å². The molecule has 0 spiro atoms. The van der Waals surface area contributed by atoms with Gasteiger partial charge in [-0.1, -0.05) is 17.7 Å². The van der Waals surface area contributed by atoms with Gasteiger partial charge in [-0.05, 0) is 30.7 Å². The summed E-state index contributed by atoms with van der Waals surface area (Å²) in [5, 5.41) is 12.6. The first-order valence-corrected chi connectivity index (χ1v) is 6.00. The molecule has 2 aromatic rings. The van der Waals surface area contributed by atoms with E-state index < -0.39 is 0 Å². The van der Waals surface area contributed by atoms with Crippen LogP contribution < -0.4 is 10.1 Å². The van der Waals surface area contributed by atoms with Crippen LogP contribution in [0.1, 0.15) is 11.3 Å². The van der Waals surface area contributed by atoms with Gasteiger partial charge in [0.1, 0.15) is 23.3 Å². The van der Waals surface area contributed by atoms with E-state index in [1.165, 1.54) is 0 Å². The molecule has 2 rings (SSSR count). The number of methoxy groups -OCH3 is 1. The van der Waals surface area contributed by atoms with Gasteiger partial charge in [0.15, 0.2) is 0 Å². The molecule has 0 amide bonds. The van der Waals surface area contributed by atoms with E-state index in [1.54, 1.807) is 31.4 Å². The fraction of sp³-hybridized carbons (Fsp3) is 0.143. The van der Waals surface area contributed by atoms with Crippen LogP contribution in [-0.2, 0) is 0 Å². The Morgan fingerprint density at radius 3 is 2.84 bits per heavy atom. The van der Waals surface area contributed by atoms with Gasteiger partial charge < -0.3 is 10.1 Å². The third-order valence-corrected chi connectivity index (χ3v) is 3.01. The molecule has 0 saturated heterocycles. The molecule has 0 aliphatic rings. The van der Waals surface area contributed by atoms with E-state index in [0.717, 1.165) is 11.3 Å². The second-order valence-corrected chi connectivity index (χ2v) is 4.35. The number of ether oxygens (including phenoxy) is 1. The number of aromatic nitrogens is 1. The van der Waals surface area contributed by atoms with Crippen molar-refractivity contribution in [1.82, 2.24) is 4.98 Å². The van der Waals surface area contributed by atoms with Gasteiger partial charge in [0.2, 0.25) is 0 Å². The summed E-state index contributed by atoms with van der Waals surface area (Å²) >= 11 is 6.05. The number of benzene rings is 1. The van der Waals surface area contributed by atoms with Crippen molar-refractivity contribution < 1.29 is 4.74 Å². The van der Waals surface area contributed by atoms with Crippen molar-refractivity contribution in [3.63, 3.8) is 0 Å². The molecule has 1 N–H and O–H groups in total.